The molecule has 0 atom stereocenters. The molecule has 3 rings (SSSR count). The van der Waals surface area contributed by atoms with Crippen molar-refractivity contribution in [1.29, 1.82) is 0 Å². The Balaban J connectivity index is 1.66. The van der Waals surface area contributed by atoms with E-state index >= 15 is 0 Å². The zero-order valence-corrected chi connectivity index (χ0v) is 13.8. The van der Waals surface area contributed by atoms with Gasteiger partial charge in [-0.05, 0) is 31.2 Å². The van der Waals surface area contributed by atoms with Crippen LogP contribution in [-0.4, -0.2) is 46.9 Å². The van der Waals surface area contributed by atoms with E-state index in [1.165, 1.54) is 12.1 Å². The van der Waals surface area contributed by atoms with E-state index in [1.807, 2.05) is 0 Å². The van der Waals surface area contributed by atoms with Crippen LogP contribution >= 0.6 is 0 Å². The van der Waals surface area contributed by atoms with Crippen LogP contribution in [0.4, 0.5) is 11.4 Å². The van der Waals surface area contributed by atoms with Crippen molar-refractivity contribution in [2.75, 3.05) is 31.1 Å². The molecule has 25 heavy (non-hydrogen) atoms. The van der Waals surface area contributed by atoms with Crippen LogP contribution in [0.3, 0.4) is 0 Å². The highest BCUT2D eigenvalue weighted by atomic mass is 16.6. The molecule has 0 bridgehead atoms. The Kier molecular flexibility index (Phi) is 4.51. The molecule has 1 aliphatic heterocycles. The van der Waals surface area contributed by atoms with Crippen LogP contribution in [0.15, 0.2) is 41.2 Å². The molecule has 1 fully saturated rings. The molecule has 0 spiro atoms. The second-order valence-corrected chi connectivity index (χ2v) is 5.94. The molecule has 1 saturated heterocycles. The summed E-state index contributed by atoms with van der Waals surface area (Å²) in [5.74, 6) is -0.274. The quantitative estimate of drug-likeness (QED) is 0.674. The zero-order valence-electron chi connectivity index (χ0n) is 13.8. The lowest BCUT2D eigenvalue weighted by Crippen LogP contribution is -2.49. The molecule has 0 radical (unpaired) electrons. The van der Waals surface area contributed by atoms with Crippen LogP contribution in [0.1, 0.15) is 16.1 Å². The van der Waals surface area contributed by atoms with Crippen LogP contribution < -0.4 is 10.5 Å². The van der Waals surface area contributed by atoms with Crippen molar-refractivity contribution in [3.8, 4) is 0 Å². The van der Waals surface area contributed by atoms with Crippen LogP contribution in [-0.2, 0) is 0 Å². The Morgan fingerprint density at radius 2 is 1.72 bits per heavy atom. The Hall–Kier alpha value is -3.16. The Morgan fingerprint density at radius 1 is 1.08 bits per heavy atom. The van der Waals surface area contributed by atoms with Crippen molar-refractivity contribution in [3.05, 3.63) is 68.1 Å². The number of H-pyrrole nitrogens is 1. The predicted molar refractivity (Wildman–Crippen MR) is 93.0 cm³/mol. The number of nitro groups is 1. The first-order chi connectivity index (χ1) is 12.0. The van der Waals surface area contributed by atoms with Gasteiger partial charge in [0.15, 0.2) is 0 Å². The van der Waals surface area contributed by atoms with Gasteiger partial charge in [-0.15, -0.1) is 0 Å². The maximum atomic E-state index is 12.5. The minimum absolute atomic E-state index is 0.0520. The summed E-state index contributed by atoms with van der Waals surface area (Å²) in [4.78, 5) is 41.1. The van der Waals surface area contributed by atoms with Gasteiger partial charge in [0, 0.05) is 49.7 Å². The minimum atomic E-state index is -0.431. The maximum Gasteiger partial charge on any atom is 0.269 e. The lowest BCUT2D eigenvalue weighted by molar-refractivity contribution is -0.384. The Labute approximate surface area is 143 Å². The zero-order chi connectivity index (χ0) is 18.0. The number of benzene rings is 1. The van der Waals surface area contributed by atoms with Crippen molar-refractivity contribution in [2.24, 2.45) is 0 Å². The highest BCUT2D eigenvalue weighted by Gasteiger charge is 2.24. The molecule has 1 amide bonds. The largest absolute Gasteiger partial charge is 0.368 e. The number of aryl methyl sites for hydroxylation is 1. The van der Waals surface area contributed by atoms with Gasteiger partial charge in [-0.25, -0.2) is 0 Å². The van der Waals surface area contributed by atoms with Gasteiger partial charge in [0.05, 0.1) is 4.92 Å². The standard InChI is InChI=1S/C17H18N4O4/c1-12-2-7-15(16(22)18-12)17(23)20-10-8-19(9-11-20)13-3-5-14(6-4-13)21(24)25/h2-7H,8-11H2,1H3,(H,18,22). The lowest BCUT2D eigenvalue weighted by atomic mass is 10.2. The highest BCUT2D eigenvalue weighted by molar-refractivity contribution is 5.94. The number of aromatic amines is 1. The molecule has 0 unspecified atom stereocenters. The van der Waals surface area contributed by atoms with E-state index in [4.69, 9.17) is 0 Å². The van der Waals surface area contributed by atoms with Crippen molar-refractivity contribution < 1.29 is 9.72 Å². The van der Waals surface area contributed by atoms with Crippen molar-refractivity contribution in [1.82, 2.24) is 9.88 Å². The summed E-state index contributed by atoms with van der Waals surface area (Å²) in [7, 11) is 0. The van der Waals surface area contributed by atoms with Crippen LogP contribution in [0.5, 0.6) is 0 Å². The number of amides is 1. The summed E-state index contributed by atoms with van der Waals surface area (Å²) >= 11 is 0. The van der Waals surface area contributed by atoms with E-state index in [9.17, 15) is 19.7 Å². The van der Waals surface area contributed by atoms with Crippen molar-refractivity contribution in [3.63, 3.8) is 0 Å². The minimum Gasteiger partial charge on any atom is -0.368 e. The van der Waals surface area contributed by atoms with Crippen LogP contribution in [0.25, 0.3) is 0 Å². The average Bonchev–Trinajstić information content (AvgIpc) is 2.61. The van der Waals surface area contributed by atoms with Crippen LogP contribution in [0, 0.1) is 17.0 Å². The number of anilines is 1. The van der Waals surface area contributed by atoms with Gasteiger partial charge >= 0.3 is 0 Å². The average molecular weight is 342 g/mol. The molecular formula is C17H18N4O4. The molecule has 1 aromatic heterocycles. The molecule has 1 aromatic carbocycles. The van der Waals surface area contributed by atoms with Crippen molar-refractivity contribution >= 4 is 17.3 Å². The molecule has 0 aliphatic carbocycles. The number of nitrogens with zero attached hydrogens (tertiary/aromatic N) is 3. The molecule has 8 heteroatoms. The molecule has 0 saturated carbocycles. The first-order valence-corrected chi connectivity index (χ1v) is 7.94. The van der Waals surface area contributed by atoms with Gasteiger partial charge in [0.1, 0.15) is 5.56 Å². The third kappa shape index (κ3) is 3.52. The number of carbonyl (C=O) groups excluding carboxylic acids is 1. The monoisotopic (exact) mass is 342 g/mol. The molecule has 2 heterocycles. The Morgan fingerprint density at radius 3 is 2.28 bits per heavy atom. The summed E-state index contributed by atoms with van der Waals surface area (Å²) in [5, 5.41) is 10.7. The maximum absolute atomic E-state index is 12.5. The lowest BCUT2D eigenvalue weighted by Gasteiger charge is -2.36. The van der Waals surface area contributed by atoms with Gasteiger partial charge in [-0.3, -0.25) is 19.7 Å². The second-order valence-electron chi connectivity index (χ2n) is 5.94. The summed E-state index contributed by atoms with van der Waals surface area (Å²) in [5.41, 5.74) is 1.42. The molecular weight excluding hydrogens is 324 g/mol. The van der Waals surface area contributed by atoms with Gasteiger partial charge in [0.2, 0.25) is 0 Å². The number of pyridine rings is 1. The number of aromatic nitrogens is 1. The third-order valence-electron chi connectivity index (χ3n) is 4.28. The number of hydrogen-bond acceptors (Lipinski definition) is 5. The number of rotatable bonds is 3. The van der Waals surface area contributed by atoms with E-state index in [1.54, 1.807) is 36.1 Å². The SMILES string of the molecule is Cc1ccc(C(=O)N2CCN(c3ccc([N+](=O)[O-])cc3)CC2)c(=O)[nH]1. The van der Waals surface area contributed by atoms with Crippen molar-refractivity contribution in [2.45, 2.75) is 6.92 Å². The summed E-state index contributed by atoms with van der Waals surface area (Å²) in [6, 6.07) is 9.62. The number of nitro benzene ring substituents is 1. The fourth-order valence-electron chi connectivity index (χ4n) is 2.86. The van der Waals surface area contributed by atoms with E-state index in [2.05, 4.69) is 9.88 Å². The van der Waals surface area contributed by atoms with E-state index in [0.717, 1.165) is 5.69 Å². The number of carbonyl (C=O) groups is 1. The fraction of sp³-hybridized carbons (Fsp3) is 0.294. The first kappa shape index (κ1) is 16.7. The van der Waals surface area contributed by atoms with Gasteiger partial charge < -0.3 is 14.8 Å². The molecule has 8 nitrogen and oxygen atoms in total. The van der Waals surface area contributed by atoms with Gasteiger partial charge in [0.25, 0.3) is 17.2 Å². The summed E-state index contributed by atoms with van der Waals surface area (Å²) in [6.45, 7) is 3.95. The second kappa shape index (κ2) is 6.76. The number of piperazine rings is 1. The van der Waals surface area contributed by atoms with E-state index in [-0.39, 0.29) is 22.7 Å². The number of hydrogen-bond donors (Lipinski definition) is 1. The van der Waals surface area contributed by atoms with Crippen LogP contribution in [0.2, 0.25) is 0 Å². The molecule has 130 valence electrons. The molecule has 1 N–H and O–H groups in total. The van der Waals surface area contributed by atoms with Gasteiger partial charge in [-0.2, -0.15) is 0 Å². The molecule has 1 aliphatic rings. The fourth-order valence-corrected chi connectivity index (χ4v) is 2.86. The third-order valence-corrected chi connectivity index (χ3v) is 4.28. The predicted octanol–water partition coefficient (Wildman–Crippen LogP) is 1.55. The first-order valence-electron chi connectivity index (χ1n) is 7.94. The summed E-state index contributed by atoms with van der Waals surface area (Å²) < 4.78 is 0. The van der Waals surface area contributed by atoms with E-state index < -0.39 is 4.92 Å². The van der Waals surface area contributed by atoms with E-state index in [0.29, 0.717) is 31.9 Å². The smallest absolute Gasteiger partial charge is 0.269 e. The topological polar surface area (TPSA) is 99.5 Å². The Bertz CT molecular complexity index is 852. The number of nitrogens with one attached hydrogen (secondary N) is 1. The summed E-state index contributed by atoms with van der Waals surface area (Å²) in [6.07, 6.45) is 0. The van der Waals surface area contributed by atoms with Gasteiger partial charge in [-0.1, -0.05) is 0 Å². The highest BCUT2D eigenvalue weighted by Crippen LogP contribution is 2.21. The normalized spacial score (nSPS) is 14.4. The number of non-ortho nitro benzene ring substituents is 1. The molecule has 2 aromatic rings.